The van der Waals surface area contributed by atoms with Gasteiger partial charge in [-0.1, -0.05) is 19.1 Å². The molecular weight excluding hydrogens is 248 g/mol. The van der Waals surface area contributed by atoms with Crippen molar-refractivity contribution in [2.75, 3.05) is 5.75 Å². The highest BCUT2D eigenvalue weighted by Crippen LogP contribution is 2.19. The van der Waals surface area contributed by atoms with Crippen molar-refractivity contribution in [3.8, 4) is 0 Å². The van der Waals surface area contributed by atoms with Crippen LogP contribution in [-0.4, -0.2) is 32.1 Å². The summed E-state index contributed by atoms with van der Waals surface area (Å²) in [6.07, 6.45) is 1.27. The maximum atomic E-state index is 10.9. The van der Waals surface area contributed by atoms with E-state index in [-0.39, 0.29) is 19.3 Å². The van der Waals surface area contributed by atoms with Crippen molar-refractivity contribution < 1.29 is 19.8 Å². The van der Waals surface area contributed by atoms with E-state index in [2.05, 4.69) is 0 Å². The summed E-state index contributed by atoms with van der Waals surface area (Å²) in [5.41, 5.74) is 0. The fourth-order valence-electron chi connectivity index (χ4n) is 1.09. The third-order valence-corrected chi connectivity index (χ3v) is 3.56. The van der Waals surface area contributed by atoms with E-state index in [1.165, 1.54) is 11.8 Å². The number of hydrogen-bond donors (Lipinski definition) is 2. The first kappa shape index (κ1) is 15.4. The molecule has 0 saturated carbocycles. The molecule has 6 heteroatoms. The molecule has 4 nitrogen and oxygen atoms in total. The molecule has 0 aliphatic carbocycles. The van der Waals surface area contributed by atoms with Crippen LogP contribution in [-0.2, 0) is 9.59 Å². The average molecular weight is 264 g/mol. The Labute approximate surface area is 104 Å². The van der Waals surface area contributed by atoms with E-state index in [0.717, 1.165) is 12.2 Å². The first-order valence-corrected chi connectivity index (χ1v) is 6.47. The molecule has 2 N–H and O–H groups in total. The van der Waals surface area contributed by atoms with Crippen LogP contribution in [0.25, 0.3) is 0 Å². The van der Waals surface area contributed by atoms with Crippen LogP contribution in [0.15, 0.2) is 0 Å². The zero-order valence-electron chi connectivity index (χ0n) is 9.14. The largest absolute Gasteiger partial charge is 0.481 e. The lowest BCUT2D eigenvalue weighted by Crippen LogP contribution is -2.17. The topological polar surface area (TPSA) is 74.6 Å². The molecule has 0 radical (unpaired) electrons. The molecule has 0 spiro atoms. The predicted octanol–water partition coefficient (Wildman–Crippen LogP) is 2.41. The summed E-state index contributed by atoms with van der Waals surface area (Å²) in [4.78, 5) is 21.2. The number of thiocarbonyl (C=S) groups is 1. The van der Waals surface area contributed by atoms with Crippen molar-refractivity contribution >= 4 is 40.1 Å². The molecule has 0 amide bonds. The fraction of sp³-hybridized carbons (Fsp3) is 0.700. The van der Waals surface area contributed by atoms with Crippen LogP contribution in [0.1, 0.15) is 32.6 Å². The van der Waals surface area contributed by atoms with Crippen molar-refractivity contribution in [2.24, 2.45) is 5.92 Å². The molecule has 0 aromatic rings. The lowest BCUT2D eigenvalue weighted by atomic mass is 10.0. The number of thioether (sulfide) groups is 1. The summed E-state index contributed by atoms with van der Waals surface area (Å²) in [7, 11) is 0. The lowest BCUT2D eigenvalue weighted by Gasteiger charge is -2.11. The van der Waals surface area contributed by atoms with Gasteiger partial charge in [0.15, 0.2) is 0 Å². The van der Waals surface area contributed by atoms with Crippen molar-refractivity contribution in [3.05, 3.63) is 0 Å². The van der Waals surface area contributed by atoms with E-state index in [1.807, 2.05) is 6.92 Å². The molecule has 0 heterocycles. The summed E-state index contributed by atoms with van der Waals surface area (Å²) in [6.45, 7) is 2.02. The van der Waals surface area contributed by atoms with Gasteiger partial charge < -0.3 is 10.2 Å². The molecule has 1 atom stereocenters. The Hall–Kier alpha value is -0.620. The number of aliphatic carboxylic acids is 2. The van der Waals surface area contributed by atoms with Crippen LogP contribution in [0.3, 0.4) is 0 Å². The number of hydrogen-bond acceptors (Lipinski definition) is 4. The van der Waals surface area contributed by atoms with E-state index in [4.69, 9.17) is 22.4 Å². The number of carboxylic acids is 2. The maximum Gasteiger partial charge on any atom is 0.306 e. The van der Waals surface area contributed by atoms with Crippen LogP contribution in [0.5, 0.6) is 0 Å². The SMILES string of the molecule is CCCSC(=S)CC(CCC(=O)O)C(=O)O. The van der Waals surface area contributed by atoms with E-state index in [0.29, 0.717) is 4.20 Å². The highest BCUT2D eigenvalue weighted by atomic mass is 32.2. The van der Waals surface area contributed by atoms with Crippen molar-refractivity contribution in [3.63, 3.8) is 0 Å². The molecule has 1 unspecified atom stereocenters. The van der Waals surface area contributed by atoms with Crippen LogP contribution in [0.4, 0.5) is 0 Å². The summed E-state index contributed by atoms with van der Waals surface area (Å²) in [6, 6.07) is 0. The third-order valence-electron chi connectivity index (χ3n) is 1.94. The molecule has 0 aliphatic rings. The van der Waals surface area contributed by atoms with Gasteiger partial charge in [-0.2, -0.15) is 0 Å². The molecule has 0 aromatic carbocycles. The quantitative estimate of drug-likeness (QED) is 0.656. The van der Waals surface area contributed by atoms with Gasteiger partial charge in [-0.15, -0.1) is 11.8 Å². The van der Waals surface area contributed by atoms with Gasteiger partial charge in [-0.05, 0) is 18.6 Å². The zero-order valence-corrected chi connectivity index (χ0v) is 10.8. The van der Waals surface area contributed by atoms with Gasteiger partial charge >= 0.3 is 11.9 Å². The van der Waals surface area contributed by atoms with Crippen molar-refractivity contribution in [2.45, 2.75) is 32.6 Å². The second-order valence-electron chi connectivity index (χ2n) is 3.39. The van der Waals surface area contributed by atoms with Gasteiger partial charge in [-0.3, -0.25) is 9.59 Å². The molecule has 0 fully saturated rings. The minimum absolute atomic E-state index is 0.127. The normalized spacial score (nSPS) is 12.1. The van der Waals surface area contributed by atoms with Crippen LogP contribution < -0.4 is 0 Å². The molecule has 92 valence electrons. The van der Waals surface area contributed by atoms with E-state index >= 15 is 0 Å². The van der Waals surface area contributed by atoms with Crippen LogP contribution in [0.2, 0.25) is 0 Å². The minimum Gasteiger partial charge on any atom is -0.481 e. The Morgan fingerprint density at radius 1 is 1.38 bits per heavy atom. The van der Waals surface area contributed by atoms with Gasteiger partial charge in [-0.25, -0.2) is 0 Å². The molecule has 16 heavy (non-hydrogen) atoms. The summed E-state index contributed by atoms with van der Waals surface area (Å²) in [5, 5.41) is 17.4. The second kappa shape index (κ2) is 8.52. The summed E-state index contributed by atoms with van der Waals surface area (Å²) in [5.74, 6) is -1.74. The molecule has 0 aliphatic heterocycles. The van der Waals surface area contributed by atoms with E-state index < -0.39 is 17.9 Å². The Bertz CT molecular complexity index is 266. The van der Waals surface area contributed by atoms with E-state index in [9.17, 15) is 9.59 Å². The fourth-order valence-corrected chi connectivity index (χ4v) is 2.29. The smallest absolute Gasteiger partial charge is 0.306 e. The number of carboxylic acid groups (broad SMARTS) is 2. The highest BCUT2D eigenvalue weighted by Gasteiger charge is 2.20. The standard InChI is InChI=1S/C10H16O4S2/c1-2-5-16-9(15)6-7(10(13)14)3-4-8(11)12/h7H,2-6H2,1H3,(H,11,12)(H,13,14). The third kappa shape index (κ3) is 7.64. The van der Waals surface area contributed by atoms with E-state index in [1.54, 1.807) is 0 Å². The minimum atomic E-state index is -0.974. The van der Waals surface area contributed by atoms with Gasteiger partial charge in [0.25, 0.3) is 0 Å². The Morgan fingerprint density at radius 3 is 2.44 bits per heavy atom. The van der Waals surface area contributed by atoms with Crippen LogP contribution >= 0.6 is 24.0 Å². The molecular formula is C10H16O4S2. The predicted molar refractivity (Wildman–Crippen MR) is 68.0 cm³/mol. The average Bonchev–Trinajstić information content (AvgIpc) is 2.20. The summed E-state index contributed by atoms with van der Waals surface area (Å²) >= 11 is 6.52. The van der Waals surface area contributed by atoms with Gasteiger partial charge in [0.05, 0.1) is 5.92 Å². The van der Waals surface area contributed by atoms with Crippen molar-refractivity contribution in [1.82, 2.24) is 0 Å². The Balaban J connectivity index is 4.07. The van der Waals surface area contributed by atoms with Gasteiger partial charge in [0.2, 0.25) is 0 Å². The second-order valence-corrected chi connectivity index (χ2v) is 5.33. The number of carbonyl (C=O) groups is 2. The number of rotatable bonds is 8. The highest BCUT2D eigenvalue weighted by molar-refractivity contribution is 8.23. The van der Waals surface area contributed by atoms with Crippen molar-refractivity contribution in [1.29, 1.82) is 0 Å². The van der Waals surface area contributed by atoms with Gasteiger partial charge in [0.1, 0.15) is 0 Å². The monoisotopic (exact) mass is 264 g/mol. The van der Waals surface area contributed by atoms with Gasteiger partial charge in [0, 0.05) is 17.0 Å². The Morgan fingerprint density at radius 2 is 2.00 bits per heavy atom. The molecule has 0 saturated heterocycles. The van der Waals surface area contributed by atoms with Crippen LogP contribution in [0, 0.1) is 5.92 Å². The summed E-state index contributed by atoms with van der Waals surface area (Å²) < 4.78 is 0.652. The lowest BCUT2D eigenvalue weighted by molar-refractivity contribution is -0.142. The zero-order chi connectivity index (χ0) is 12.6. The molecule has 0 aromatic heterocycles. The maximum absolute atomic E-state index is 10.9. The first-order valence-electron chi connectivity index (χ1n) is 5.07. The Kier molecular flexibility index (Phi) is 8.19. The molecule has 0 rings (SSSR count). The molecule has 0 bridgehead atoms. The first-order chi connectivity index (χ1) is 7.47.